The Labute approximate surface area is 242 Å². The quantitative estimate of drug-likeness (QED) is 0.183. The maximum atomic E-state index is 4.93. The molecule has 39 heavy (non-hydrogen) atoms. The molecule has 0 aliphatic heterocycles. The van der Waals surface area contributed by atoms with Crippen LogP contribution in [0.4, 0.5) is 0 Å². The van der Waals surface area contributed by atoms with E-state index < -0.39 is 20.8 Å². The molecular weight excluding hydrogens is 607 g/mol. The van der Waals surface area contributed by atoms with Crippen molar-refractivity contribution < 1.29 is 20.8 Å². The Hall–Kier alpha value is -3.64. The SMILES string of the molecule is [Cl][Zr+2][Cl].c1ccc2[cH-]c(-n3nnc4ccccc43)cc2c1.c1ccc2[cH-]c(-n3nnc4ccccc43)cc2c1. The molecule has 0 saturated carbocycles. The van der Waals surface area contributed by atoms with Crippen molar-refractivity contribution in [3.8, 4) is 11.4 Å². The second-order valence-electron chi connectivity index (χ2n) is 8.74. The molecule has 0 spiro atoms. The van der Waals surface area contributed by atoms with E-state index in [1.807, 2.05) is 82.2 Å². The molecule has 0 bridgehead atoms. The van der Waals surface area contributed by atoms with Crippen LogP contribution in [0.1, 0.15) is 0 Å². The summed E-state index contributed by atoms with van der Waals surface area (Å²) in [6, 6.07) is 41.1. The molecule has 0 aliphatic rings. The van der Waals surface area contributed by atoms with Crippen LogP contribution in [0.5, 0.6) is 0 Å². The average molecular weight is 627 g/mol. The number of hydrogen-bond donors (Lipinski definition) is 0. The van der Waals surface area contributed by atoms with E-state index in [9.17, 15) is 0 Å². The first-order chi connectivity index (χ1) is 19.2. The summed E-state index contributed by atoms with van der Waals surface area (Å²) in [7, 11) is 9.87. The zero-order valence-electron chi connectivity index (χ0n) is 20.5. The van der Waals surface area contributed by atoms with Gasteiger partial charge in [0.15, 0.2) is 0 Å². The predicted molar refractivity (Wildman–Crippen MR) is 156 cm³/mol. The van der Waals surface area contributed by atoms with E-state index in [1.165, 1.54) is 21.5 Å². The van der Waals surface area contributed by atoms with Crippen molar-refractivity contribution in [3.05, 3.63) is 121 Å². The maximum absolute atomic E-state index is 4.93. The number of benzene rings is 4. The molecule has 6 nitrogen and oxygen atoms in total. The summed E-state index contributed by atoms with van der Waals surface area (Å²) in [6.07, 6.45) is 0. The Morgan fingerprint density at radius 3 is 1.36 bits per heavy atom. The van der Waals surface area contributed by atoms with Crippen LogP contribution >= 0.6 is 17.0 Å². The van der Waals surface area contributed by atoms with E-state index in [0.29, 0.717) is 0 Å². The summed E-state index contributed by atoms with van der Waals surface area (Å²) in [5.74, 6) is 0. The number of hydrogen-bond acceptors (Lipinski definition) is 4. The first-order valence-corrected chi connectivity index (χ1v) is 18.5. The fourth-order valence-electron chi connectivity index (χ4n) is 4.63. The Balaban J connectivity index is 0.000000129. The summed E-state index contributed by atoms with van der Waals surface area (Å²) >= 11 is -0.826. The Morgan fingerprint density at radius 1 is 0.538 bits per heavy atom. The smallest absolute Gasteiger partial charge is 0.113 e. The third-order valence-corrected chi connectivity index (χ3v) is 6.40. The van der Waals surface area contributed by atoms with Gasteiger partial charge in [-0.3, -0.25) is 0 Å². The second-order valence-corrected chi connectivity index (χ2v) is 12.5. The molecule has 6 aromatic carbocycles. The van der Waals surface area contributed by atoms with Gasteiger partial charge in [-0.15, -0.1) is 92.4 Å². The molecule has 0 fully saturated rings. The fourth-order valence-corrected chi connectivity index (χ4v) is 4.63. The van der Waals surface area contributed by atoms with Gasteiger partial charge < -0.3 is 0 Å². The summed E-state index contributed by atoms with van der Waals surface area (Å²) in [5.41, 5.74) is 6.03. The van der Waals surface area contributed by atoms with Gasteiger partial charge >= 0.3 is 37.9 Å². The monoisotopic (exact) mass is 624 g/mol. The van der Waals surface area contributed by atoms with Crippen LogP contribution in [0.15, 0.2) is 121 Å². The van der Waals surface area contributed by atoms with E-state index in [-0.39, 0.29) is 0 Å². The van der Waals surface area contributed by atoms with Crippen LogP contribution in [0.2, 0.25) is 0 Å². The van der Waals surface area contributed by atoms with Gasteiger partial charge in [-0.05, 0) is 35.6 Å². The van der Waals surface area contributed by atoms with Gasteiger partial charge in [0.25, 0.3) is 0 Å². The van der Waals surface area contributed by atoms with Gasteiger partial charge in [0, 0.05) is 0 Å². The number of para-hydroxylation sites is 2. The summed E-state index contributed by atoms with van der Waals surface area (Å²) in [6.45, 7) is 0. The van der Waals surface area contributed by atoms with E-state index in [0.717, 1.165) is 33.4 Å². The Bertz CT molecular complexity index is 1790. The van der Waals surface area contributed by atoms with Crippen molar-refractivity contribution in [1.82, 2.24) is 30.0 Å². The molecule has 0 saturated heterocycles. The Morgan fingerprint density at radius 2 is 0.923 bits per heavy atom. The van der Waals surface area contributed by atoms with Gasteiger partial charge in [-0.1, -0.05) is 46.8 Å². The summed E-state index contributed by atoms with van der Waals surface area (Å²) < 4.78 is 3.77. The van der Waals surface area contributed by atoms with E-state index in [4.69, 9.17) is 17.0 Å². The molecule has 0 unspecified atom stereocenters. The summed E-state index contributed by atoms with van der Waals surface area (Å²) in [5, 5.41) is 21.7. The van der Waals surface area contributed by atoms with E-state index >= 15 is 0 Å². The molecule has 0 amide bonds. The van der Waals surface area contributed by atoms with Crippen LogP contribution in [-0.2, 0) is 20.8 Å². The molecule has 8 aromatic rings. The molecule has 8 rings (SSSR count). The number of aromatic nitrogens is 6. The topological polar surface area (TPSA) is 61.4 Å². The van der Waals surface area contributed by atoms with Crippen molar-refractivity contribution in [3.63, 3.8) is 0 Å². The van der Waals surface area contributed by atoms with Crippen molar-refractivity contribution >= 4 is 60.6 Å². The normalized spacial score (nSPS) is 10.7. The molecule has 9 heteroatoms. The standard InChI is InChI=1S/2C15H10N3.2ClH.Zr/c2*1-2-6-12-10-13(9-11(12)5-1)18-15-8-4-3-7-14(15)16-17-18;;;/h2*1-10H;2*1H;/q2*-1;;;+4/p-2. The second kappa shape index (κ2) is 11.6. The van der Waals surface area contributed by atoms with Gasteiger partial charge in [0.05, 0.1) is 11.0 Å². The number of fused-ring (bicyclic) bond motifs is 4. The van der Waals surface area contributed by atoms with Crippen molar-refractivity contribution in [2.45, 2.75) is 0 Å². The zero-order valence-corrected chi connectivity index (χ0v) is 24.5. The van der Waals surface area contributed by atoms with Crippen molar-refractivity contribution in [2.75, 3.05) is 0 Å². The average Bonchev–Trinajstić information content (AvgIpc) is 3.76. The van der Waals surface area contributed by atoms with E-state index in [2.05, 4.69) is 69.2 Å². The molecular formula is C30H20Cl2N6Zr. The minimum atomic E-state index is -0.826. The largest absolute Gasteiger partial charge is 0.232 e. The third-order valence-electron chi connectivity index (χ3n) is 6.40. The molecule has 0 aliphatic carbocycles. The molecule has 2 aromatic heterocycles. The summed E-state index contributed by atoms with van der Waals surface area (Å²) in [4.78, 5) is 0. The fraction of sp³-hybridized carbons (Fsp3) is 0. The Kier molecular flexibility index (Phi) is 7.64. The van der Waals surface area contributed by atoms with Crippen LogP contribution in [0, 0.1) is 0 Å². The van der Waals surface area contributed by atoms with Gasteiger partial charge in [0.1, 0.15) is 11.0 Å². The van der Waals surface area contributed by atoms with Crippen LogP contribution in [0.3, 0.4) is 0 Å². The van der Waals surface area contributed by atoms with Crippen molar-refractivity contribution in [1.29, 1.82) is 0 Å². The number of rotatable bonds is 2. The first kappa shape index (κ1) is 25.6. The van der Waals surface area contributed by atoms with Gasteiger partial charge in [0.2, 0.25) is 0 Å². The van der Waals surface area contributed by atoms with Crippen LogP contribution < -0.4 is 0 Å². The molecule has 2 heterocycles. The van der Waals surface area contributed by atoms with E-state index in [1.54, 1.807) is 0 Å². The third kappa shape index (κ3) is 5.31. The molecule has 0 radical (unpaired) electrons. The minimum Gasteiger partial charge on any atom is -0.232 e. The maximum Gasteiger partial charge on any atom is 0.113 e. The van der Waals surface area contributed by atoms with Crippen LogP contribution in [0.25, 0.3) is 55.0 Å². The molecule has 188 valence electrons. The van der Waals surface area contributed by atoms with Crippen molar-refractivity contribution in [2.24, 2.45) is 0 Å². The number of halogens is 2. The zero-order chi connectivity index (χ0) is 26.6. The minimum absolute atomic E-state index is 0.826. The van der Waals surface area contributed by atoms with Crippen LogP contribution in [-0.4, -0.2) is 30.0 Å². The van der Waals surface area contributed by atoms with Gasteiger partial charge in [-0.2, -0.15) is 0 Å². The molecule has 0 N–H and O–H groups in total. The molecule has 0 atom stereocenters. The first-order valence-electron chi connectivity index (χ1n) is 12.1. The van der Waals surface area contributed by atoms with Gasteiger partial charge in [-0.25, -0.2) is 9.36 Å². The predicted octanol–water partition coefficient (Wildman–Crippen LogP) is 7.96. The number of nitrogens with zero attached hydrogens (tertiary/aromatic N) is 6.